The average molecular weight is 267 g/mol. The Kier molecular flexibility index (Phi) is 5.64. The number of piperidine rings is 1. The Labute approximate surface area is 117 Å². The number of nitrogens with one attached hydrogen (secondary N) is 1. The van der Waals surface area contributed by atoms with Gasteiger partial charge in [-0.2, -0.15) is 0 Å². The highest BCUT2D eigenvalue weighted by atomic mass is 16.1. The summed E-state index contributed by atoms with van der Waals surface area (Å²) in [5, 5.41) is 3.00. The Balaban J connectivity index is 1.86. The molecule has 0 aliphatic carbocycles. The molecular weight excluding hydrogens is 238 g/mol. The molecule has 2 rings (SSSR count). The van der Waals surface area contributed by atoms with Gasteiger partial charge in [0.25, 0.3) is 0 Å². The van der Waals surface area contributed by atoms with Gasteiger partial charge < -0.3 is 10.2 Å². The van der Waals surface area contributed by atoms with E-state index in [1.807, 2.05) is 0 Å². The second kappa shape index (κ2) is 7.25. The maximum atomic E-state index is 11.4. The first kappa shape index (κ1) is 14.8. The normalized spacial score (nSPS) is 28.9. The molecule has 4 heteroatoms. The summed E-state index contributed by atoms with van der Waals surface area (Å²) >= 11 is 0. The van der Waals surface area contributed by atoms with E-state index in [0.717, 1.165) is 39.1 Å². The quantitative estimate of drug-likeness (QED) is 0.788. The van der Waals surface area contributed by atoms with E-state index in [2.05, 4.69) is 29.0 Å². The first-order chi connectivity index (χ1) is 9.24. The number of hydrogen-bond donors (Lipinski definition) is 1. The van der Waals surface area contributed by atoms with Gasteiger partial charge in [0.2, 0.25) is 5.91 Å². The summed E-state index contributed by atoms with van der Waals surface area (Å²) in [6, 6.07) is 0.628. The Bertz CT molecular complexity index is 291. The molecular formula is C15H29N3O. The van der Waals surface area contributed by atoms with Gasteiger partial charge >= 0.3 is 0 Å². The molecule has 2 aliphatic heterocycles. The lowest BCUT2D eigenvalue weighted by Gasteiger charge is -2.39. The van der Waals surface area contributed by atoms with E-state index in [9.17, 15) is 4.79 Å². The molecule has 2 atom stereocenters. The fraction of sp³-hybridized carbons (Fsp3) is 0.933. The SMILES string of the molecule is CCN(CC)CCN1CCCC[C@H]1[C@@H]1CNC(=O)C1. The van der Waals surface area contributed by atoms with Gasteiger partial charge in [0, 0.05) is 38.0 Å². The van der Waals surface area contributed by atoms with E-state index in [1.54, 1.807) is 0 Å². The van der Waals surface area contributed by atoms with Gasteiger partial charge in [0.1, 0.15) is 0 Å². The van der Waals surface area contributed by atoms with Crippen molar-refractivity contribution in [2.45, 2.75) is 45.6 Å². The molecule has 1 amide bonds. The molecule has 2 fully saturated rings. The number of likely N-dealkylation sites (N-methyl/N-ethyl adjacent to an activating group) is 1. The molecule has 0 unspecified atom stereocenters. The molecule has 1 N–H and O–H groups in total. The lowest BCUT2D eigenvalue weighted by Crippen LogP contribution is -2.47. The van der Waals surface area contributed by atoms with Crippen molar-refractivity contribution in [3.63, 3.8) is 0 Å². The van der Waals surface area contributed by atoms with Gasteiger partial charge in [-0.3, -0.25) is 9.69 Å². The van der Waals surface area contributed by atoms with Gasteiger partial charge in [-0.15, -0.1) is 0 Å². The number of carbonyl (C=O) groups excluding carboxylic acids is 1. The van der Waals surface area contributed by atoms with Gasteiger partial charge in [0.15, 0.2) is 0 Å². The van der Waals surface area contributed by atoms with Crippen LogP contribution in [-0.2, 0) is 4.79 Å². The van der Waals surface area contributed by atoms with Gasteiger partial charge in [-0.05, 0) is 32.5 Å². The van der Waals surface area contributed by atoms with Crippen LogP contribution in [0.15, 0.2) is 0 Å². The molecule has 0 aromatic heterocycles. The zero-order valence-corrected chi connectivity index (χ0v) is 12.5. The van der Waals surface area contributed by atoms with Crippen molar-refractivity contribution in [2.24, 2.45) is 5.92 Å². The number of likely N-dealkylation sites (tertiary alicyclic amines) is 1. The molecule has 0 aromatic rings. The van der Waals surface area contributed by atoms with Crippen LogP contribution in [-0.4, -0.2) is 61.0 Å². The van der Waals surface area contributed by atoms with E-state index >= 15 is 0 Å². The summed E-state index contributed by atoms with van der Waals surface area (Å²) < 4.78 is 0. The second-order valence-corrected chi connectivity index (χ2v) is 5.89. The van der Waals surface area contributed by atoms with Crippen molar-refractivity contribution in [3.8, 4) is 0 Å². The molecule has 110 valence electrons. The van der Waals surface area contributed by atoms with Crippen LogP contribution in [0.5, 0.6) is 0 Å². The molecule has 0 aromatic carbocycles. The number of amides is 1. The molecule has 0 bridgehead atoms. The zero-order chi connectivity index (χ0) is 13.7. The first-order valence-corrected chi connectivity index (χ1v) is 7.97. The van der Waals surface area contributed by atoms with E-state index in [4.69, 9.17) is 0 Å². The third kappa shape index (κ3) is 3.93. The Hall–Kier alpha value is -0.610. The fourth-order valence-corrected chi connectivity index (χ4v) is 3.54. The van der Waals surface area contributed by atoms with E-state index in [0.29, 0.717) is 12.0 Å². The number of rotatable bonds is 6. The standard InChI is InChI=1S/C15H29N3O/c1-3-17(4-2)9-10-18-8-6-5-7-14(18)13-11-15(19)16-12-13/h13-14H,3-12H2,1-2H3,(H,16,19)/t13-,14-/m0/s1. The Morgan fingerprint density at radius 3 is 2.74 bits per heavy atom. The van der Waals surface area contributed by atoms with Crippen molar-refractivity contribution in [1.29, 1.82) is 0 Å². The third-order valence-corrected chi connectivity index (χ3v) is 4.82. The second-order valence-electron chi connectivity index (χ2n) is 5.89. The molecule has 2 heterocycles. The van der Waals surface area contributed by atoms with Crippen LogP contribution < -0.4 is 5.32 Å². The molecule has 19 heavy (non-hydrogen) atoms. The summed E-state index contributed by atoms with van der Waals surface area (Å²) in [4.78, 5) is 16.6. The Morgan fingerprint density at radius 1 is 1.32 bits per heavy atom. The van der Waals surface area contributed by atoms with Crippen molar-refractivity contribution in [2.75, 3.05) is 39.3 Å². The molecule has 4 nitrogen and oxygen atoms in total. The lowest BCUT2D eigenvalue weighted by molar-refractivity contribution is -0.119. The van der Waals surface area contributed by atoms with E-state index in [1.165, 1.54) is 25.8 Å². The highest BCUT2D eigenvalue weighted by Crippen LogP contribution is 2.27. The van der Waals surface area contributed by atoms with Gasteiger partial charge in [-0.25, -0.2) is 0 Å². The number of nitrogens with zero attached hydrogens (tertiary/aromatic N) is 2. The fourth-order valence-electron chi connectivity index (χ4n) is 3.54. The smallest absolute Gasteiger partial charge is 0.220 e. The average Bonchev–Trinajstić information content (AvgIpc) is 2.87. The summed E-state index contributed by atoms with van der Waals surface area (Å²) in [6.07, 6.45) is 4.67. The van der Waals surface area contributed by atoms with Crippen LogP contribution in [0.4, 0.5) is 0 Å². The summed E-state index contributed by atoms with van der Waals surface area (Å²) in [6.45, 7) is 11.2. The Morgan fingerprint density at radius 2 is 2.11 bits per heavy atom. The summed E-state index contributed by atoms with van der Waals surface area (Å²) in [5.41, 5.74) is 0. The largest absolute Gasteiger partial charge is 0.356 e. The van der Waals surface area contributed by atoms with Crippen molar-refractivity contribution in [3.05, 3.63) is 0 Å². The molecule has 2 aliphatic rings. The minimum Gasteiger partial charge on any atom is -0.356 e. The minimum absolute atomic E-state index is 0.249. The van der Waals surface area contributed by atoms with E-state index < -0.39 is 0 Å². The van der Waals surface area contributed by atoms with Crippen LogP contribution in [0.25, 0.3) is 0 Å². The predicted molar refractivity (Wildman–Crippen MR) is 78.1 cm³/mol. The highest BCUT2D eigenvalue weighted by molar-refractivity contribution is 5.78. The van der Waals surface area contributed by atoms with Crippen LogP contribution in [0.3, 0.4) is 0 Å². The number of hydrogen-bond acceptors (Lipinski definition) is 3. The monoisotopic (exact) mass is 267 g/mol. The van der Waals surface area contributed by atoms with Crippen LogP contribution in [0.1, 0.15) is 39.5 Å². The topological polar surface area (TPSA) is 35.6 Å². The molecule has 0 saturated carbocycles. The third-order valence-electron chi connectivity index (χ3n) is 4.82. The highest BCUT2D eigenvalue weighted by Gasteiger charge is 2.34. The number of carbonyl (C=O) groups is 1. The molecule has 0 spiro atoms. The van der Waals surface area contributed by atoms with Crippen LogP contribution >= 0.6 is 0 Å². The minimum atomic E-state index is 0.249. The van der Waals surface area contributed by atoms with Gasteiger partial charge in [-0.1, -0.05) is 20.3 Å². The lowest BCUT2D eigenvalue weighted by atomic mass is 9.89. The maximum Gasteiger partial charge on any atom is 0.220 e. The predicted octanol–water partition coefficient (Wildman–Crippen LogP) is 1.32. The van der Waals surface area contributed by atoms with Gasteiger partial charge in [0.05, 0.1) is 0 Å². The van der Waals surface area contributed by atoms with Crippen molar-refractivity contribution < 1.29 is 4.79 Å². The van der Waals surface area contributed by atoms with Crippen molar-refractivity contribution >= 4 is 5.91 Å². The maximum absolute atomic E-state index is 11.4. The summed E-state index contributed by atoms with van der Waals surface area (Å²) in [7, 11) is 0. The first-order valence-electron chi connectivity index (χ1n) is 7.97. The van der Waals surface area contributed by atoms with Crippen LogP contribution in [0, 0.1) is 5.92 Å². The molecule has 0 radical (unpaired) electrons. The van der Waals surface area contributed by atoms with Crippen molar-refractivity contribution in [1.82, 2.24) is 15.1 Å². The summed E-state index contributed by atoms with van der Waals surface area (Å²) in [5.74, 6) is 0.795. The molecule has 2 saturated heterocycles. The zero-order valence-electron chi connectivity index (χ0n) is 12.5. The van der Waals surface area contributed by atoms with E-state index in [-0.39, 0.29) is 5.91 Å². The van der Waals surface area contributed by atoms with Crippen LogP contribution in [0.2, 0.25) is 0 Å².